The van der Waals surface area contributed by atoms with Gasteiger partial charge < -0.3 is 44.5 Å². The number of benzene rings is 1. The summed E-state index contributed by atoms with van der Waals surface area (Å²) in [4.78, 5) is 62.0. The summed E-state index contributed by atoms with van der Waals surface area (Å²) in [5, 5.41) is 37.8. The normalized spacial score (nSPS) is 37.7. The topological polar surface area (TPSA) is 186 Å². The molecule has 3 fully saturated rings. The molecular weight excluding hydrogens is 903 g/mol. The number of Topliss-reactive ketones (excluding diaryl/α,β-unsaturated/α-hetero) is 2. The van der Waals surface area contributed by atoms with Crippen molar-refractivity contribution < 1.29 is 53.4 Å². The smallest absolute Gasteiger partial charge is 0.329 e. The lowest BCUT2D eigenvalue weighted by atomic mass is 9.78. The van der Waals surface area contributed by atoms with Crippen molar-refractivity contribution in [2.75, 3.05) is 26.1 Å². The van der Waals surface area contributed by atoms with Gasteiger partial charge in [0.1, 0.15) is 24.4 Å². The second-order valence-corrected chi connectivity index (χ2v) is 21.3. The molecule has 0 spiro atoms. The van der Waals surface area contributed by atoms with Gasteiger partial charge in [0.05, 0.1) is 24.9 Å². The van der Waals surface area contributed by atoms with Gasteiger partial charge in [-0.05, 0) is 139 Å². The zero-order valence-electron chi connectivity index (χ0n) is 43.8. The highest BCUT2D eigenvalue weighted by atomic mass is 16.6. The molecule has 0 unspecified atom stereocenters. The minimum Gasteiger partial charge on any atom is -0.461 e. The molecule has 1 aromatic rings. The van der Waals surface area contributed by atoms with Crippen molar-refractivity contribution in [2.45, 2.75) is 186 Å². The molecule has 0 radical (unpaired) electrons. The molecule has 1 amide bonds. The average molecular weight is 986 g/mol. The number of fused-ring (bicyclic) bond motifs is 3. The van der Waals surface area contributed by atoms with Gasteiger partial charge in [-0.1, -0.05) is 88.8 Å². The number of hydrogen-bond donors (Lipinski definition) is 4. The summed E-state index contributed by atoms with van der Waals surface area (Å²) in [6.45, 7) is 21.0. The number of methoxy groups -OCH3 is 2. The standard InChI is InChI=1S/C57H83N3O11/c1-35-16-12-11-13-17-37(3)46(59-44-24-22-43(58-8)23-25-44)34-45-26-20-41(7)57(67,71-45)54(64)55(65)60-29-15-14-18-47(60)56(66)70-49(38(4)32-42-21-27-48(61)50(33-42)68-9)28-19-36(2)31-40(6)52(63)53(69-10)51(62)39(5)30-35/h11-13,16-17,22-25,31,35-36,38-39,41-42,45-50,52-53,59,61,63,67H,14-15,18-21,26-30,32-34H2,1-7,9-10H3/b13-11+,16-12+,37-17+,40-31+/t35-,36+,38-,39-,41-,42-,45+,46-,47+,48-,49+,50-,52-,53+,57-/m1/s1. The van der Waals surface area contributed by atoms with Gasteiger partial charge in [0, 0.05) is 44.3 Å². The Balaban J connectivity index is 1.48. The molecule has 14 nitrogen and oxygen atoms in total. The van der Waals surface area contributed by atoms with Crippen LogP contribution in [0.5, 0.6) is 0 Å². The molecule has 2 bridgehead atoms. The molecular formula is C57H83N3O11. The Hall–Kier alpha value is -4.49. The molecule has 2 saturated heterocycles. The second kappa shape index (κ2) is 27.0. The molecule has 0 aromatic heterocycles. The molecule has 71 heavy (non-hydrogen) atoms. The third-order valence-corrected chi connectivity index (χ3v) is 15.6. The number of ketones is 2. The number of carbonyl (C=O) groups excluding carboxylic acids is 4. The number of nitrogens with zero attached hydrogens (tertiary/aromatic N) is 2. The number of cyclic esters (lactones) is 1. The number of rotatable bonds is 7. The summed E-state index contributed by atoms with van der Waals surface area (Å²) in [6.07, 6.45) is 14.6. The van der Waals surface area contributed by atoms with Gasteiger partial charge in [-0.2, -0.15) is 0 Å². The number of hydrogen-bond acceptors (Lipinski definition) is 12. The van der Waals surface area contributed by atoms with Gasteiger partial charge in [-0.3, -0.25) is 14.4 Å². The van der Waals surface area contributed by atoms with Crippen molar-refractivity contribution in [1.29, 1.82) is 0 Å². The van der Waals surface area contributed by atoms with Gasteiger partial charge in [0.25, 0.3) is 11.7 Å². The van der Waals surface area contributed by atoms with Crippen LogP contribution in [-0.4, -0.2) is 119 Å². The number of ether oxygens (including phenoxy) is 4. The molecule has 392 valence electrons. The quantitative estimate of drug-likeness (QED) is 0.0881. The zero-order valence-corrected chi connectivity index (χ0v) is 43.8. The van der Waals surface area contributed by atoms with Crippen molar-refractivity contribution in [3.05, 3.63) is 83.3 Å². The van der Waals surface area contributed by atoms with E-state index >= 15 is 0 Å². The first-order valence-corrected chi connectivity index (χ1v) is 26.1. The third-order valence-electron chi connectivity index (χ3n) is 15.6. The van der Waals surface area contributed by atoms with Crippen LogP contribution >= 0.6 is 0 Å². The van der Waals surface area contributed by atoms with E-state index in [2.05, 4.69) is 17.1 Å². The molecule has 1 aromatic carbocycles. The predicted molar refractivity (Wildman–Crippen MR) is 274 cm³/mol. The van der Waals surface area contributed by atoms with Crippen LogP contribution < -0.4 is 5.32 Å². The first-order chi connectivity index (χ1) is 33.8. The fraction of sp³-hybridized carbons (Fsp3) is 0.667. The number of carbonyl (C=O) groups is 4. The van der Waals surface area contributed by atoms with E-state index in [1.807, 2.05) is 76.3 Å². The van der Waals surface area contributed by atoms with E-state index in [0.29, 0.717) is 88.3 Å². The Morgan fingerprint density at radius 2 is 1.59 bits per heavy atom. The number of aliphatic hydroxyl groups excluding tert-OH is 2. The second-order valence-electron chi connectivity index (χ2n) is 21.3. The number of nitrogens with one attached hydrogen (secondary N) is 1. The van der Waals surface area contributed by atoms with Crippen LogP contribution in [0.15, 0.2) is 71.9 Å². The monoisotopic (exact) mass is 986 g/mol. The summed E-state index contributed by atoms with van der Waals surface area (Å²) in [5.74, 6) is -6.34. The Morgan fingerprint density at radius 3 is 2.28 bits per heavy atom. The molecule has 15 atom stereocenters. The fourth-order valence-electron chi connectivity index (χ4n) is 11.1. The molecule has 5 rings (SSSR count). The molecule has 4 N–H and O–H groups in total. The Kier molecular flexibility index (Phi) is 21.8. The fourth-order valence-corrected chi connectivity index (χ4v) is 11.1. The summed E-state index contributed by atoms with van der Waals surface area (Å²) in [5.41, 5.74) is 2.79. The van der Waals surface area contributed by atoms with Crippen LogP contribution in [0.25, 0.3) is 4.85 Å². The lowest BCUT2D eigenvalue weighted by Gasteiger charge is -2.43. The number of aliphatic hydroxyl groups is 3. The van der Waals surface area contributed by atoms with Gasteiger partial charge in [-0.15, -0.1) is 0 Å². The number of esters is 1. The largest absolute Gasteiger partial charge is 0.461 e. The lowest BCUT2D eigenvalue weighted by molar-refractivity contribution is -0.263. The summed E-state index contributed by atoms with van der Waals surface area (Å²) < 4.78 is 24.1. The zero-order chi connectivity index (χ0) is 52.0. The van der Waals surface area contributed by atoms with Gasteiger partial charge in [0.2, 0.25) is 5.79 Å². The molecule has 3 heterocycles. The molecule has 1 saturated carbocycles. The van der Waals surface area contributed by atoms with Crippen LogP contribution in [0.2, 0.25) is 0 Å². The van der Waals surface area contributed by atoms with Crippen LogP contribution in [0, 0.1) is 42.1 Å². The van der Waals surface area contributed by atoms with Gasteiger partial charge in [-0.25, -0.2) is 9.64 Å². The van der Waals surface area contributed by atoms with Crippen LogP contribution in [0.3, 0.4) is 0 Å². The van der Waals surface area contributed by atoms with E-state index in [0.717, 1.165) is 17.7 Å². The number of anilines is 1. The summed E-state index contributed by atoms with van der Waals surface area (Å²) >= 11 is 0. The van der Waals surface area contributed by atoms with Crippen LogP contribution in [-0.2, 0) is 38.1 Å². The predicted octanol–water partition coefficient (Wildman–Crippen LogP) is 9.02. The molecule has 1 aliphatic carbocycles. The maximum atomic E-state index is 14.5. The first-order valence-electron chi connectivity index (χ1n) is 26.1. The Morgan fingerprint density at radius 1 is 0.859 bits per heavy atom. The van der Waals surface area contributed by atoms with E-state index in [9.17, 15) is 34.5 Å². The minimum absolute atomic E-state index is 0.0364. The van der Waals surface area contributed by atoms with Crippen molar-refractivity contribution in [3.63, 3.8) is 0 Å². The van der Waals surface area contributed by atoms with Crippen molar-refractivity contribution >= 4 is 34.8 Å². The van der Waals surface area contributed by atoms with Crippen molar-refractivity contribution in [2.24, 2.45) is 35.5 Å². The van der Waals surface area contributed by atoms with Crippen molar-refractivity contribution in [3.8, 4) is 0 Å². The maximum absolute atomic E-state index is 14.5. The highest BCUT2D eigenvalue weighted by Gasteiger charge is 2.53. The molecule has 4 aliphatic rings. The van der Waals surface area contributed by atoms with Crippen LogP contribution in [0.1, 0.15) is 132 Å². The highest BCUT2D eigenvalue weighted by molar-refractivity contribution is 6.39. The highest BCUT2D eigenvalue weighted by Crippen LogP contribution is 2.38. The number of piperidine rings is 1. The van der Waals surface area contributed by atoms with E-state index in [1.165, 1.54) is 12.0 Å². The lowest BCUT2D eigenvalue weighted by Crippen LogP contribution is -2.61. The van der Waals surface area contributed by atoms with E-state index < -0.39 is 71.8 Å². The molecule has 3 aliphatic heterocycles. The van der Waals surface area contributed by atoms with Gasteiger partial charge >= 0.3 is 5.97 Å². The number of amides is 1. The summed E-state index contributed by atoms with van der Waals surface area (Å²) in [6, 6.07) is 5.72. The first kappa shape index (κ1) is 57.4. The van der Waals surface area contributed by atoms with Gasteiger partial charge in [0.15, 0.2) is 11.5 Å². The van der Waals surface area contributed by atoms with E-state index in [-0.39, 0.29) is 48.1 Å². The van der Waals surface area contributed by atoms with Crippen molar-refractivity contribution in [1.82, 2.24) is 4.90 Å². The molecule has 14 heteroatoms. The Bertz CT molecular complexity index is 2110. The SMILES string of the molecule is [C-]#[N+]c1ccc(N[C@@H]2C[C@@H]3CC[C@@H](C)[C@@](O)(O3)C(=O)C(=O)N3CCCC[C@H]3C(=O)O[C@H]([C@H](C)C[C@H]3CC[C@@H](O)[C@H](OC)C3)CC[C@H](C)/C=C(\C)[C@@H](O)[C@@H](OC)C(=O)[C@H](C)C[C@H](C)/C=C/C=C/C=C/2C)cc1. The minimum atomic E-state index is -2.43. The number of allylic oxidation sites excluding steroid dienone is 6. The summed E-state index contributed by atoms with van der Waals surface area (Å²) in [7, 11) is 3.05. The van der Waals surface area contributed by atoms with E-state index in [4.69, 9.17) is 25.5 Å². The maximum Gasteiger partial charge on any atom is 0.329 e. The Labute approximate surface area is 423 Å². The van der Waals surface area contributed by atoms with E-state index in [1.54, 1.807) is 33.1 Å². The average Bonchev–Trinajstić information content (AvgIpc) is 3.35. The van der Waals surface area contributed by atoms with Crippen LogP contribution in [0.4, 0.5) is 11.4 Å². The third kappa shape index (κ3) is 15.5.